The van der Waals surface area contributed by atoms with Crippen molar-refractivity contribution >= 4 is 17.5 Å². The van der Waals surface area contributed by atoms with Gasteiger partial charge in [0.1, 0.15) is 18.0 Å². The SMILES string of the molecule is Nc1cc(N2CC[C@@]3(CCCN(C4CCCCC4)C3=O)C2)ncn1. The molecule has 1 amide bonds. The second-order valence-corrected chi connectivity index (χ2v) is 7.65. The molecule has 3 heterocycles. The van der Waals surface area contributed by atoms with Gasteiger partial charge in [-0.25, -0.2) is 9.97 Å². The van der Waals surface area contributed by atoms with Gasteiger partial charge >= 0.3 is 0 Å². The standard InChI is InChI=1S/C18H27N5O/c19-15-11-16(21-13-20-15)22-10-8-18(12-22)7-4-9-23(17(18)24)14-5-2-1-3-6-14/h11,13-14H,1-10,12H2,(H2,19,20,21)/t18-/m0/s1. The van der Waals surface area contributed by atoms with Gasteiger partial charge < -0.3 is 15.5 Å². The molecule has 0 bridgehead atoms. The van der Waals surface area contributed by atoms with Crippen molar-refractivity contribution in [1.82, 2.24) is 14.9 Å². The first-order valence-electron chi connectivity index (χ1n) is 9.32. The lowest BCUT2D eigenvalue weighted by atomic mass is 9.77. The highest BCUT2D eigenvalue weighted by molar-refractivity contribution is 5.85. The number of likely N-dealkylation sites (tertiary alicyclic amines) is 1. The zero-order valence-electron chi connectivity index (χ0n) is 14.3. The van der Waals surface area contributed by atoms with Crippen molar-refractivity contribution in [1.29, 1.82) is 0 Å². The molecule has 1 aromatic heterocycles. The quantitative estimate of drug-likeness (QED) is 0.900. The molecule has 4 rings (SSSR count). The Bertz CT molecular complexity index is 615. The van der Waals surface area contributed by atoms with Crippen molar-refractivity contribution in [3.05, 3.63) is 12.4 Å². The maximum atomic E-state index is 13.3. The maximum absolute atomic E-state index is 13.3. The van der Waals surface area contributed by atoms with Gasteiger partial charge in [-0.3, -0.25) is 4.79 Å². The third-order valence-corrected chi connectivity index (χ3v) is 6.14. The first-order chi connectivity index (χ1) is 11.7. The van der Waals surface area contributed by atoms with Crippen molar-refractivity contribution in [2.24, 2.45) is 5.41 Å². The Labute approximate surface area is 143 Å². The first kappa shape index (κ1) is 15.7. The summed E-state index contributed by atoms with van der Waals surface area (Å²) >= 11 is 0. The Balaban J connectivity index is 1.51. The average Bonchev–Trinajstić information content (AvgIpc) is 3.03. The number of hydrogen-bond donors (Lipinski definition) is 1. The Morgan fingerprint density at radius 3 is 2.71 bits per heavy atom. The number of nitrogen functional groups attached to an aromatic ring is 1. The van der Waals surface area contributed by atoms with Crippen molar-refractivity contribution in [3.8, 4) is 0 Å². The van der Waals surface area contributed by atoms with Crippen LogP contribution in [0.2, 0.25) is 0 Å². The van der Waals surface area contributed by atoms with Crippen molar-refractivity contribution < 1.29 is 4.79 Å². The monoisotopic (exact) mass is 329 g/mol. The molecular weight excluding hydrogens is 302 g/mol. The Hall–Kier alpha value is -1.85. The van der Waals surface area contributed by atoms with Crippen LogP contribution in [0.4, 0.5) is 11.6 Å². The van der Waals surface area contributed by atoms with Crippen LogP contribution in [-0.2, 0) is 4.79 Å². The van der Waals surface area contributed by atoms with Crippen LogP contribution in [0.15, 0.2) is 12.4 Å². The van der Waals surface area contributed by atoms with E-state index in [0.29, 0.717) is 17.8 Å². The van der Waals surface area contributed by atoms with Gasteiger partial charge in [0.15, 0.2) is 0 Å². The lowest BCUT2D eigenvalue weighted by Gasteiger charge is -2.44. The summed E-state index contributed by atoms with van der Waals surface area (Å²) in [6.45, 7) is 2.60. The predicted molar refractivity (Wildman–Crippen MR) is 93.5 cm³/mol. The van der Waals surface area contributed by atoms with Crippen LogP contribution in [0.1, 0.15) is 51.4 Å². The van der Waals surface area contributed by atoms with E-state index in [1.807, 2.05) is 6.07 Å². The van der Waals surface area contributed by atoms with Crippen molar-refractivity contribution in [2.45, 2.75) is 57.4 Å². The summed E-state index contributed by atoms with van der Waals surface area (Å²) in [5.74, 6) is 1.73. The van der Waals surface area contributed by atoms with Gasteiger partial charge in [-0.15, -0.1) is 0 Å². The minimum atomic E-state index is -0.213. The summed E-state index contributed by atoms with van der Waals surface area (Å²) in [6.07, 6.45) is 10.8. The van der Waals surface area contributed by atoms with Gasteiger partial charge in [0.25, 0.3) is 0 Å². The number of carbonyl (C=O) groups is 1. The van der Waals surface area contributed by atoms with Gasteiger partial charge in [0, 0.05) is 31.7 Å². The van der Waals surface area contributed by atoms with Crippen LogP contribution < -0.4 is 10.6 Å². The summed E-state index contributed by atoms with van der Waals surface area (Å²) in [7, 11) is 0. The van der Waals surface area contributed by atoms with E-state index in [2.05, 4.69) is 19.8 Å². The molecule has 0 unspecified atom stereocenters. The zero-order chi connectivity index (χ0) is 16.6. The van der Waals surface area contributed by atoms with Gasteiger partial charge in [-0.2, -0.15) is 0 Å². The van der Waals surface area contributed by atoms with E-state index in [0.717, 1.165) is 44.7 Å². The molecule has 6 heteroatoms. The highest BCUT2D eigenvalue weighted by atomic mass is 16.2. The maximum Gasteiger partial charge on any atom is 0.230 e. The van der Waals surface area contributed by atoms with Crippen LogP contribution in [0.5, 0.6) is 0 Å². The van der Waals surface area contributed by atoms with E-state index in [9.17, 15) is 4.79 Å². The summed E-state index contributed by atoms with van der Waals surface area (Å²) in [6, 6.07) is 2.29. The summed E-state index contributed by atoms with van der Waals surface area (Å²) in [4.78, 5) is 26.1. The fourth-order valence-corrected chi connectivity index (χ4v) is 4.82. The number of nitrogens with zero attached hydrogens (tertiary/aromatic N) is 4. The van der Waals surface area contributed by atoms with Crippen LogP contribution in [0.3, 0.4) is 0 Å². The molecule has 1 atom stereocenters. The first-order valence-corrected chi connectivity index (χ1v) is 9.32. The normalized spacial score (nSPS) is 28.8. The molecule has 0 radical (unpaired) electrons. The lowest BCUT2D eigenvalue weighted by molar-refractivity contribution is -0.148. The molecule has 0 aromatic carbocycles. The molecule has 3 aliphatic rings. The van der Waals surface area contributed by atoms with Gasteiger partial charge in [0.05, 0.1) is 5.41 Å². The molecule has 1 aliphatic carbocycles. The lowest BCUT2D eigenvalue weighted by Crippen LogP contribution is -2.54. The molecule has 1 aromatic rings. The molecule has 130 valence electrons. The van der Waals surface area contributed by atoms with Gasteiger partial charge in [0.2, 0.25) is 5.91 Å². The summed E-state index contributed by atoms with van der Waals surface area (Å²) in [5, 5.41) is 0. The number of carbonyl (C=O) groups excluding carboxylic acids is 1. The molecule has 2 aliphatic heterocycles. The molecule has 2 saturated heterocycles. The average molecular weight is 329 g/mol. The molecule has 1 spiro atoms. The van der Waals surface area contributed by atoms with Crippen molar-refractivity contribution in [2.75, 3.05) is 30.3 Å². The number of hydrogen-bond acceptors (Lipinski definition) is 5. The van der Waals surface area contributed by atoms with E-state index in [1.54, 1.807) is 0 Å². The number of anilines is 2. The second-order valence-electron chi connectivity index (χ2n) is 7.65. The van der Waals surface area contributed by atoms with Crippen LogP contribution in [0.25, 0.3) is 0 Å². The van der Waals surface area contributed by atoms with Crippen LogP contribution in [-0.4, -0.2) is 46.5 Å². The van der Waals surface area contributed by atoms with Crippen LogP contribution in [0, 0.1) is 5.41 Å². The zero-order valence-corrected chi connectivity index (χ0v) is 14.3. The molecule has 2 N–H and O–H groups in total. The fourth-order valence-electron chi connectivity index (χ4n) is 4.82. The molecule has 6 nitrogen and oxygen atoms in total. The number of nitrogens with two attached hydrogens (primary N) is 1. The molecular formula is C18H27N5O. The highest BCUT2D eigenvalue weighted by Gasteiger charge is 2.49. The number of rotatable bonds is 2. The predicted octanol–water partition coefficient (Wildman–Crippen LogP) is 2.21. The molecule has 1 saturated carbocycles. The van der Waals surface area contributed by atoms with Crippen molar-refractivity contribution in [3.63, 3.8) is 0 Å². The summed E-state index contributed by atoms with van der Waals surface area (Å²) in [5.41, 5.74) is 5.58. The summed E-state index contributed by atoms with van der Waals surface area (Å²) < 4.78 is 0. The minimum absolute atomic E-state index is 0.213. The van der Waals surface area contributed by atoms with E-state index in [1.165, 1.54) is 38.4 Å². The Kier molecular flexibility index (Phi) is 4.06. The smallest absolute Gasteiger partial charge is 0.230 e. The third kappa shape index (κ3) is 2.72. The van der Waals surface area contributed by atoms with E-state index in [-0.39, 0.29) is 5.41 Å². The largest absolute Gasteiger partial charge is 0.384 e. The minimum Gasteiger partial charge on any atom is -0.384 e. The van der Waals surface area contributed by atoms with Gasteiger partial charge in [-0.05, 0) is 32.1 Å². The number of piperidine rings is 1. The third-order valence-electron chi connectivity index (χ3n) is 6.14. The Morgan fingerprint density at radius 1 is 1.08 bits per heavy atom. The van der Waals surface area contributed by atoms with Crippen LogP contribution >= 0.6 is 0 Å². The topological polar surface area (TPSA) is 75.3 Å². The molecule has 24 heavy (non-hydrogen) atoms. The Morgan fingerprint density at radius 2 is 1.92 bits per heavy atom. The second kappa shape index (κ2) is 6.22. The van der Waals surface area contributed by atoms with Gasteiger partial charge in [-0.1, -0.05) is 19.3 Å². The van der Waals surface area contributed by atoms with E-state index < -0.39 is 0 Å². The van der Waals surface area contributed by atoms with E-state index >= 15 is 0 Å². The number of aromatic nitrogens is 2. The highest BCUT2D eigenvalue weighted by Crippen LogP contribution is 2.42. The van der Waals surface area contributed by atoms with E-state index in [4.69, 9.17) is 5.73 Å². The molecule has 3 fully saturated rings. The number of amides is 1. The fraction of sp³-hybridized carbons (Fsp3) is 0.722.